The topological polar surface area (TPSA) is 32.7 Å². The van der Waals surface area contributed by atoms with Crippen molar-refractivity contribution < 1.29 is 9.84 Å². The number of aliphatic hydroxyl groups excluding tert-OH is 1. The van der Waals surface area contributed by atoms with Gasteiger partial charge < -0.3 is 14.7 Å². The van der Waals surface area contributed by atoms with E-state index in [1.54, 1.807) is 0 Å². The third-order valence-electron chi connectivity index (χ3n) is 3.29. The van der Waals surface area contributed by atoms with Crippen molar-refractivity contribution in [3.05, 3.63) is 34.9 Å². The third kappa shape index (κ3) is 6.71. The highest BCUT2D eigenvalue weighted by Gasteiger charge is 2.11. The Balaban J connectivity index is 2.29. The molecule has 0 bridgehead atoms. The predicted molar refractivity (Wildman–Crippen MR) is 84.2 cm³/mol. The van der Waals surface area contributed by atoms with Crippen molar-refractivity contribution in [1.29, 1.82) is 0 Å². The normalized spacial score (nSPS) is 14.5. The zero-order valence-corrected chi connectivity index (χ0v) is 13.4. The Hall–Kier alpha value is -0.610. The molecular formula is C16H26ClNO2. The number of hydrogen-bond acceptors (Lipinski definition) is 3. The van der Waals surface area contributed by atoms with E-state index in [2.05, 4.69) is 11.8 Å². The molecule has 20 heavy (non-hydrogen) atoms. The average molecular weight is 300 g/mol. The molecule has 0 spiro atoms. The number of halogens is 1. The van der Waals surface area contributed by atoms with Gasteiger partial charge >= 0.3 is 0 Å². The lowest BCUT2D eigenvalue weighted by atomic mass is 10.1. The van der Waals surface area contributed by atoms with Gasteiger partial charge in [0.25, 0.3) is 0 Å². The van der Waals surface area contributed by atoms with Crippen LogP contribution in [0, 0.1) is 0 Å². The summed E-state index contributed by atoms with van der Waals surface area (Å²) >= 11 is 5.86. The van der Waals surface area contributed by atoms with Crippen LogP contribution in [-0.2, 0) is 4.74 Å². The summed E-state index contributed by atoms with van der Waals surface area (Å²) in [6.07, 6.45) is 1.84. The number of nitrogens with zero attached hydrogens (tertiary/aromatic N) is 1. The Kier molecular flexibility index (Phi) is 8.15. The maximum atomic E-state index is 9.97. The van der Waals surface area contributed by atoms with Crippen molar-refractivity contribution in [2.45, 2.75) is 38.9 Å². The van der Waals surface area contributed by atoms with Crippen molar-refractivity contribution in [3.8, 4) is 0 Å². The van der Waals surface area contributed by atoms with Crippen LogP contribution in [0.2, 0.25) is 5.02 Å². The highest BCUT2D eigenvalue weighted by molar-refractivity contribution is 6.30. The third-order valence-corrected chi connectivity index (χ3v) is 3.55. The van der Waals surface area contributed by atoms with E-state index in [1.807, 2.05) is 38.2 Å². The lowest BCUT2D eigenvalue weighted by molar-refractivity contribution is -0.0131. The van der Waals surface area contributed by atoms with Gasteiger partial charge in [0.1, 0.15) is 0 Å². The fourth-order valence-electron chi connectivity index (χ4n) is 2.02. The molecule has 4 heteroatoms. The van der Waals surface area contributed by atoms with E-state index in [-0.39, 0.29) is 6.10 Å². The van der Waals surface area contributed by atoms with Gasteiger partial charge in [-0.3, -0.25) is 0 Å². The van der Waals surface area contributed by atoms with Gasteiger partial charge in [-0.15, -0.1) is 0 Å². The molecule has 2 atom stereocenters. The second-order valence-corrected chi connectivity index (χ2v) is 5.73. The number of aliphatic hydroxyl groups is 1. The first-order valence-corrected chi connectivity index (χ1v) is 7.64. The molecule has 0 aliphatic rings. The number of likely N-dealkylation sites (N-methyl/N-ethyl adjacent to an activating group) is 1. The molecule has 0 aliphatic heterocycles. The van der Waals surface area contributed by atoms with E-state index in [1.165, 1.54) is 6.42 Å². The van der Waals surface area contributed by atoms with E-state index in [0.717, 1.165) is 23.6 Å². The van der Waals surface area contributed by atoms with Crippen LogP contribution in [0.4, 0.5) is 0 Å². The van der Waals surface area contributed by atoms with Crippen LogP contribution in [0.5, 0.6) is 0 Å². The fraction of sp³-hybridized carbons (Fsp3) is 0.625. The maximum Gasteiger partial charge on any atom is 0.0900 e. The van der Waals surface area contributed by atoms with E-state index < -0.39 is 6.10 Å². The molecule has 3 nitrogen and oxygen atoms in total. The van der Waals surface area contributed by atoms with Gasteiger partial charge in [-0.1, -0.05) is 37.1 Å². The first kappa shape index (κ1) is 17.4. The monoisotopic (exact) mass is 299 g/mol. The molecule has 0 fully saturated rings. The molecule has 0 aromatic heterocycles. The first-order valence-electron chi connectivity index (χ1n) is 7.26. The van der Waals surface area contributed by atoms with Crippen molar-refractivity contribution in [2.24, 2.45) is 0 Å². The summed E-state index contributed by atoms with van der Waals surface area (Å²) < 4.78 is 5.72. The SMILES string of the molecule is CCCCN(C)CC(O)COC(C)c1ccc(Cl)cc1. The minimum absolute atomic E-state index is 0.0390. The molecule has 114 valence electrons. The highest BCUT2D eigenvalue weighted by atomic mass is 35.5. The largest absolute Gasteiger partial charge is 0.389 e. The summed E-state index contributed by atoms with van der Waals surface area (Å²) in [6.45, 7) is 6.16. The van der Waals surface area contributed by atoms with Crippen LogP contribution >= 0.6 is 11.6 Å². The van der Waals surface area contributed by atoms with Crippen LogP contribution in [0.15, 0.2) is 24.3 Å². The standard InChI is InChI=1S/C16H26ClNO2/c1-4-5-10-18(3)11-16(19)12-20-13(2)14-6-8-15(17)9-7-14/h6-9,13,16,19H,4-5,10-12H2,1-3H3. The summed E-state index contributed by atoms with van der Waals surface area (Å²) in [7, 11) is 2.03. The van der Waals surface area contributed by atoms with Gasteiger partial charge in [0, 0.05) is 11.6 Å². The first-order chi connectivity index (χ1) is 9.52. The quantitative estimate of drug-likeness (QED) is 0.757. The second kappa shape index (κ2) is 9.35. The van der Waals surface area contributed by atoms with Gasteiger partial charge in [-0.25, -0.2) is 0 Å². The number of ether oxygens (including phenoxy) is 1. The summed E-state index contributed by atoms with van der Waals surface area (Å²) in [6, 6.07) is 7.61. The van der Waals surface area contributed by atoms with Crippen LogP contribution in [0.25, 0.3) is 0 Å². The maximum absolute atomic E-state index is 9.97. The van der Waals surface area contributed by atoms with Gasteiger partial charge in [-0.2, -0.15) is 0 Å². The van der Waals surface area contributed by atoms with Crippen molar-refractivity contribution in [1.82, 2.24) is 4.90 Å². The number of unbranched alkanes of at least 4 members (excludes halogenated alkanes) is 1. The summed E-state index contributed by atoms with van der Waals surface area (Å²) in [5.41, 5.74) is 1.07. The van der Waals surface area contributed by atoms with E-state index in [4.69, 9.17) is 16.3 Å². The molecule has 0 radical (unpaired) electrons. The summed E-state index contributed by atoms with van der Waals surface area (Å²) in [5, 5.41) is 10.7. The second-order valence-electron chi connectivity index (χ2n) is 5.30. The minimum atomic E-state index is -0.452. The predicted octanol–water partition coefficient (Wildman–Crippen LogP) is 3.51. The molecule has 0 amide bonds. The van der Waals surface area contributed by atoms with Crippen LogP contribution in [0.1, 0.15) is 38.4 Å². The van der Waals surface area contributed by atoms with Crippen LogP contribution in [0.3, 0.4) is 0 Å². The van der Waals surface area contributed by atoms with E-state index >= 15 is 0 Å². The Morgan fingerprint density at radius 1 is 1.30 bits per heavy atom. The molecule has 1 N–H and O–H groups in total. The van der Waals surface area contributed by atoms with E-state index in [9.17, 15) is 5.11 Å². The molecule has 1 aromatic carbocycles. The van der Waals surface area contributed by atoms with E-state index in [0.29, 0.717) is 13.2 Å². The average Bonchev–Trinajstić information content (AvgIpc) is 2.43. The Morgan fingerprint density at radius 2 is 1.95 bits per heavy atom. The Labute approximate surface area is 127 Å². The number of rotatable bonds is 9. The highest BCUT2D eigenvalue weighted by Crippen LogP contribution is 2.19. The lowest BCUT2D eigenvalue weighted by Gasteiger charge is -2.22. The Bertz CT molecular complexity index is 369. The lowest BCUT2D eigenvalue weighted by Crippen LogP contribution is -2.33. The van der Waals surface area contributed by atoms with Gasteiger partial charge in [0.15, 0.2) is 0 Å². The van der Waals surface area contributed by atoms with Crippen LogP contribution in [-0.4, -0.2) is 42.9 Å². The zero-order chi connectivity index (χ0) is 15.0. The van der Waals surface area contributed by atoms with Crippen molar-refractivity contribution in [3.63, 3.8) is 0 Å². The minimum Gasteiger partial charge on any atom is -0.389 e. The molecular weight excluding hydrogens is 274 g/mol. The van der Waals surface area contributed by atoms with Gasteiger partial charge in [0.05, 0.1) is 18.8 Å². The van der Waals surface area contributed by atoms with Crippen LogP contribution < -0.4 is 0 Å². The summed E-state index contributed by atoms with van der Waals surface area (Å²) in [4.78, 5) is 2.14. The molecule has 2 unspecified atom stereocenters. The molecule has 1 aromatic rings. The number of benzene rings is 1. The Morgan fingerprint density at radius 3 is 2.55 bits per heavy atom. The smallest absolute Gasteiger partial charge is 0.0900 e. The van der Waals surface area contributed by atoms with Gasteiger partial charge in [-0.05, 0) is 44.6 Å². The van der Waals surface area contributed by atoms with Crippen molar-refractivity contribution >= 4 is 11.6 Å². The molecule has 1 rings (SSSR count). The summed E-state index contributed by atoms with van der Waals surface area (Å²) in [5.74, 6) is 0. The molecule has 0 saturated carbocycles. The van der Waals surface area contributed by atoms with Crippen molar-refractivity contribution in [2.75, 3.05) is 26.7 Å². The zero-order valence-electron chi connectivity index (χ0n) is 12.7. The molecule has 0 heterocycles. The number of hydrogen-bond donors (Lipinski definition) is 1. The fourth-order valence-corrected chi connectivity index (χ4v) is 2.14. The molecule has 0 aliphatic carbocycles. The molecule has 0 saturated heterocycles. The van der Waals surface area contributed by atoms with Gasteiger partial charge in [0.2, 0.25) is 0 Å².